The van der Waals surface area contributed by atoms with Gasteiger partial charge in [-0.25, -0.2) is 14.6 Å². The van der Waals surface area contributed by atoms with Crippen LogP contribution in [0.5, 0.6) is 0 Å². The minimum atomic E-state index is -4.09. The second-order valence-corrected chi connectivity index (χ2v) is 21.4. The van der Waals surface area contributed by atoms with Crippen LogP contribution in [0.1, 0.15) is 102 Å². The Bertz CT molecular complexity index is 2760. The number of amidine groups is 1. The largest absolute Gasteiger partial charge is 0.453 e. The number of carbonyl (C=O) groups is 4. The number of likely N-dealkylation sites (tertiary alicyclic amines) is 2. The topological polar surface area (TPSA) is 204 Å². The summed E-state index contributed by atoms with van der Waals surface area (Å²) in [7, 11) is -1.56. The Kier molecular flexibility index (Phi) is 12.9. The number of amides is 4. The number of rotatable bonds is 11. The third-order valence-electron chi connectivity index (χ3n) is 14.8. The van der Waals surface area contributed by atoms with Gasteiger partial charge in [0.15, 0.2) is 0 Å². The van der Waals surface area contributed by atoms with Crippen molar-refractivity contribution in [2.75, 3.05) is 32.6 Å². The number of carbonyl (C=O) groups excluding carboxylic acids is 4. The molecule has 4 atom stereocenters. The zero-order valence-corrected chi connectivity index (χ0v) is 40.5. The van der Waals surface area contributed by atoms with Gasteiger partial charge < -0.3 is 40.2 Å². The van der Waals surface area contributed by atoms with E-state index < -0.39 is 40.3 Å². The molecule has 2 saturated heterocycles. The highest BCUT2D eigenvalue weighted by molar-refractivity contribution is 7.90. The van der Waals surface area contributed by atoms with E-state index in [1.807, 2.05) is 50.9 Å². The summed E-state index contributed by atoms with van der Waals surface area (Å²) in [5, 5.41) is 8.71. The van der Waals surface area contributed by atoms with Crippen LogP contribution in [-0.2, 0) is 41.9 Å². The number of aromatic nitrogens is 2. The summed E-state index contributed by atoms with van der Waals surface area (Å²) < 4.78 is 41.4. The average Bonchev–Trinajstić information content (AvgIpc) is 4.19. The summed E-state index contributed by atoms with van der Waals surface area (Å²) in [6.45, 7) is 8.45. The summed E-state index contributed by atoms with van der Waals surface area (Å²) in [6, 6.07) is 15.9. The van der Waals surface area contributed by atoms with Gasteiger partial charge in [0, 0.05) is 13.1 Å². The summed E-state index contributed by atoms with van der Waals surface area (Å²) in [6.07, 6.45) is 9.90. The lowest BCUT2D eigenvalue weighted by atomic mass is 9.82. The van der Waals surface area contributed by atoms with Gasteiger partial charge in [0.1, 0.15) is 28.6 Å². The van der Waals surface area contributed by atoms with Crippen molar-refractivity contribution in [3.05, 3.63) is 77.7 Å². The zero-order chi connectivity index (χ0) is 48.1. The van der Waals surface area contributed by atoms with Crippen LogP contribution in [0.25, 0.3) is 33.5 Å². The van der Waals surface area contributed by atoms with Crippen LogP contribution >= 0.6 is 0 Å². The van der Waals surface area contributed by atoms with E-state index in [0.29, 0.717) is 37.4 Å². The average molecular weight is 947 g/mol. The van der Waals surface area contributed by atoms with Gasteiger partial charge >= 0.3 is 12.2 Å². The first-order chi connectivity index (χ1) is 32.6. The Balaban J connectivity index is 0.975. The monoisotopic (exact) mass is 946 g/mol. The van der Waals surface area contributed by atoms with Crippen molar-refractivity contribution in [1.29, 1.82) is 0 Å². The fourth-order valence-corrected chi connectivity index (χ4v) is 12.5. The molecular weight excluding hydrogens is 885 g/mol. The van der Waals surface area contributed by atoms with Crippen LogP contribution in [0.2, 0.25) is 0 Å². The van der Waals surface area contributed by atoms with Crippen molar-refractivity contribution in [2.45, 2.75) is 121 Å². The Morgan fingerprint density at radius 3 is 1.82 bits per heavy atom. The molecule has 68 heavy (non-hydrogen) atoms. The quantitative estimate of drug-likeness (QED) is 0.114. The fraction of sp³-hybridized carbons (Fsp3) is 0.490. The lowest BCUT2D eigenvalue weighted by Crippen LogP contribution is -2.54. The molecule has 1 aromatic heterocycles. The minimum Gasteiger partial charge on any atom is -0.453 e. The summed E-state index contributed by atoms with van der Waals surface area (Å²) >= 11 is 0. The van der Waals surface area contributed by atoms with Crippen LogP contribution in [0, 0.1) is 17.3 Å². The van der Waals surface area contributed by atoms with Crippen LogP contribution in [0.4, 0.5) is 15.3 Å². The van der Waals surface area contributed by atoms with Gasteiger partial charge in [-0.2, -0.15) is 8.42 Å². The number of nitrogens with zero attached hydrogens (tertiary/aromatic N) is 4. The molecule has 1 spiro atoms. The van der Waals surface area contributed by atoms with Crippen LogP contribution in [-0.4, -0.2) is 103 Å². The lowest BCUT2D eigenvalue weighted by Gasteiger charge is -2.32. The first-order valence-electron chi connectivity index (χ1n) is 24.0. The van der Waals surface area contributed by atoms with Crippen molar-refractivity contribution in [2.24, 2.45) is 21.6 Å². The molecule has 4 aromatic rings. The lowest BCUT2D eigenvalue weighted by molar-refractivity contribution is -0.135. The molecule has 4 heterocycles. The molecular formula is C51H62N8O8S. The number of hydrogen-bond acceptors (Lipinski definition) is 10. The molecule has 5 aliphatic rings. The standard InChI is InChI=1S/C51H62N8O8S/c1-29(2)43(55-49(62)66-5)47(60)58-23-9-11-40(58)45-52-28-39(54-45)32-15-13-31(14-16-32)34-18-19-35(37-27-51(26-36(34)37)21-7-8-22-51)33-17-20-42-38(25-33)53-46(57-68(42,64)65)41-12-10-24-59(41)48(61)44(30(3)4)56-50(63)67-6/h13-20,25,28-30,40-41,43-44H,7-12,21-24,26-27H2,1-6H3,(H,52,54)(H,53,57)(H,55,62)(H,56,63)/t40-,41?,43-,44-/m0/s1. The van der Waals surface area contributed by atoms with E-state index in [2.05, 4.69) is 61.7 Å². The third-order valence-corrected chi connectivity index (χ3v) is 16.2. The van der Waals surface area contributed by atoms with E-state index in [9.17, 15) is 27.6 Å². The van der Waals surface area contributed by atoms with Gasteiger partial charge in [-0.3, -0.25) is 9.59 Å². The van der Waals surface area contributed by atoms with Crippen LogP contribution in [0.3, 0.4) is 0 Å². The maximum absolute atomic E-state index is 13.9. The van der Waals surface area contributed by atoms with Crippen molar-refractivity contribution in [1.82, 2.24) is 30.4 Å². The van der Waals surface area contributed by atoms with Gasteiger partial charge in [-0.15, -0.1) is 4.40 Å². The molecule has 9 rings (SSSR count). The normalized spacial score (nSPS) is 21.0. The molecule has 360 valence electrons. The molecule has 3 aliphatic heterocycles. The molecule has 17 heteroatoms. The molecule has 0 radical (unpaired) electrons. The Morgan fingerprint density at radius 1 is 0.721 bits per heavy atom. The highest BCUT2D eigenvalue weighted by Crippen LogP contribution is 2.53. The van der Waals surface area contributed by atoms with Crippen molar-refractivity contribution in [3.8, 4) is 33.5 Å². The zero-order valence-electron chi connectivity index (χ0n) is 39.7. The van der Waals surface area contributed by atoms with Crippen molar-refractivity contribution < 1.29 is 37.1 Å². The third kappa shape index (κ3) is 8.85. The second-order valence-electron chi connectivity index (χ2n) is 19.8. The number of hydrogen-bond donors (Lipinski definition) is 4. The van der Waals surface area contributed by atoms with Crippen LogP contribution < -0.4 is 16.0 Å². The number of ether oxygens (including phenoxy) is 2. The van der Waals surface area contributed by atoms with E-state index in [0.717, 1.165) is 53.6 Å². The van der Waals surface area contributed by atoms with E-state index in [-0.39, 0.29) is 45.8 Å². The number of aromatic amines is 1. The molecule has 4 N–H and O–H groups in total. The maximum atomic E-state index is 13.9. The first-order valence-corrected chi connectivity index (χ1v) is 25.4. The van der Waals surface area contributed by atoms with E-state index in [1.54, 1.807) is 11.0 Å². The number of sulfonamides is 1. The Morgan fingerprint density at radius 2 is 1.25 bits per heavy atom. The Labute approximate surface area is 398 Å². The number of imidazole rings is 1. The van der Waals surface area contributed by atoms with Crippen LogP contribution in [0.15, 0.2) is 70.1 Å². The van der Waals surface area contributed by atoms with Gasteiger partial charge in [0.05, 0.1) is 43.9 Å². The predicted octanol–water partition coefficient (Wildman–Crippen LogP) is 8.00. The molecule has 1 unspecified atom stereocenters. The Hall–Kier alpha value is -6.23. The minimum absolute atomic E-state index is 0.0834. The van der Waals surface area contributed by atoms with E-state index in [1.165, 1.54) is 56.6 Å². The number of H-pyrrole nitrogens is 1. The predicted molar refractivity (Wildman–Crippen MR) is 258 cm³/mol. The van der Waals surface area contributed by atoms with E-state index in [4.69, 9.17) is 14.5 Å². The number of methoxy groups -OCH3 is 2. The summed E-state index contributed by atoms with van der Waals surface area (Å²) in [5.41, 5.74) is 9.32. The summed E-state index contributed by atoms with van der Waals surface area (Å²) in [4.78, 5) is 63.6. The van der Waals surface area contributed by atoms with E-state index >= 15 is 0 Å². The number of alkyl carbamates (subject to hydrolysis) is 2. The van der Waals surface area contributed by atoms with Gasteiger partial charge in [-0.1, -0.05) is 83.0 Å². The SMILES string of the molecule is COC(=O)N[C@H](C(=O)N1CCCC1C1=NS(=O)(=O)c2ccc(-c3ccc(-c4ccc(-c5cnc([C@@H]6CCCN6C(=O)[C@@H](NC(=O)OC)C(C)C)[nH]5)cc4)c4c3CC3(CCCC3)C4)cc2N1)C(C)C. The smallest absolute Gasteiger partial charge is 0.407 e. The molecule has 3 fully saturated rings. The first kappa shape index (κ1) is 46.9. The molecule has 1 saturated carbocycles. The molecule has 16 nitrogen and oxygen atoms in total. The van der Waals surface area contributed by atoms with Crippen molar-refractivity contribution in [3.63, 3.8) is 0 Å². The molecule has 4 amide bonds. The number of nitrogens with one attached hydrogen (secondary N) is 4. The number of benzene rings is 3. The second kappa shape index (κ2) is 18.7. The highest BCUT2D eigenvalue weighted by atomic mass is 32.2. The van der Waals surface area contributed by atoms with Gasteiger partial charge in [0.2, 0.25) is 11.8 Å². The summed E-state index contributed by atoms with van der Waals surface area (Å²) in [5.74, 6) is 0.0817. The highest BCUT2D eigenvalue weighted by Gasteiger charge is 2.43. The maximum Gasteiger partial charge on any atom is 0.407 e. The number of anilines is 1. The molecule has 3 aromatic carbocycles. The number of fused-ring (bicyclic) bond motifs is 2. The van der Waals surface area contributed by atoms with Gasteiger partial charge in [-0.05, 0) is 120 Å². The van der Waals surface area contributed by atoms with Gasteiger partial charge in [0.25, 0.3) is 10.0 Å². The van der Waals surface area contributed by atoms with Crippen molar-refractivity contribution >= 4 is 45.5 Å². The molecule has 0 bridgehead atoms. The molecule has 2 aliphatic carbocycles. The fourth-order valence-electron chi connectivity index (χ4n) is 11.3.